The van der Waals surface area contributed by atoms with Crippen LogP contribution in [0, 0.1) is 0 Å². The average Bonchev–Trinajstić information content (AvgIpc) is 2.65. The fraction of sp³-hybridized carbons (Fsp3) is 0.300. The van der Waals surface area contributed by atoms with Gasteiger partial charge >= 0.3 is 5.97 Å². The third-order valence-corrected chi connectivity index (χ3v) is 4.32. The van der Waals surface area contributed by atoms with Gasteiger partial charge in [-0.05, 0) is 42.8 Å². The molecule has 0 aliphatic heterocycles. The van der Waals surface area contributed by atoms with E-state index >= 15 is 0 Å². The van der Waals surface area contributed by atoms with Gasteiger partial charge in [-0.15, -0.1) is 0 Å². The van der Waals surface area contributed by atoms with E-state index < -0.39 is 18.0 Å². The highest BCUT2D eigenvalue weighted by Crippen LogP contribution is 2.38. The summed E-state index contributed by atoms with van der Waals surface area (Å²) in [5, 5.41) is 3.35. The molecule has 0 radical (unpaired) electrons. The SMILES string of the molecule is COc1cc(CC(=O)O[C@H](C)C(=O)Nc2cc(Cl)cc(Cl)c2)cc(OC)c1OC. The molecular weight excluding hydrogens is 421 g/mol. The maximum atomic E-state index is 12.3. The van der Waals surface area contributed by atoms with Crippen molar-refractivity contribution < 1.29 is 28.5 Å². The van der Waals surface area contributed by atoms with Gasteiger partial charge in [-0.1, -0.05) is 23.2 Å². The van der Waals surface area contributed by atoms with Crippen molar-refractivity contribution in [3.8, 4) is 17.2 Å². The van der Waals surface area contributed by atoms with Gasteiger partial charge in [-0.3, -0.25) is 9.59 Å². The van der Waals surface area contributed by atoms with Gasteiger partial charge in [0.25, 0.3) is 5.91 Å². The second-order valence-electron chi connectivity index (χ2n) is 5.99. The first-order valence-electron chi connectivity index (χ1n) is 8.52. The highest BCUT2D eigenvalue weighted by molar-refractivity contribution is 6.35. The van der Waals surface area contributed by atoms with E-state index in [4.69, 9.17) is 42.1 Å². The molecule has 29 heavy (non-hydrogen) atoms. The van der Waals surface area contributed by atoms with E-state index in [1.807, 2.05) is 0 Å². The maximum absolute atomic E-state index is 12.3. The number of hydrogen-bond acceptors (Lipinski definition) is 6. The molecule has 0 aliphatic carbocycles. The van der Waals surface area contributed by atoms with Gasteiger partial charge in [0, 0.05) is 15.7 Å². The molecule has 7 nitrogen and oxygen atoms in total. The molecule has 0 saturated heterocycles. The molecule has 0 fully saturated rings. The van der Waals surface area contributed by atoms with Crippen LogP contribution in [-0.4, -0.2) is 39.3 Å². The van der Waals surface area contributed by atoms with E-state index in [1.165, 1.54) is 40.4 Å². The molecule has 1 N–H and O–H groups in total. The zero-order valence-corrected chi connectivity index (χ0v) is 17.9. The van der Waals surface area contributed by atoms with Crippen molar-refractivity contribution in [3.05, 3.63) is 45.9 Å². The summed E-state index contributed by atoms with van der Waals surface area (Å²) in [5.41, 5.74) is 0.985. The normalized spacial score (nSPS) is 11.4. The summed E-state index contributed by atoms with van der Waals surface area (Å²) in [6.07, 6.45) is -1.11. The molecule has 2 aromatic carbocycles. The Morgan fingerprint density at radius 3 is 1.97 bits per heavy atom. The standard InChI is InChI=1S/C20H21Cl2NO6/c1-11(20(25)23-15-9-13(21)8-14(22)10-15)29-18(24)7-12-5-16(26-2)19(28-4)17(6-12)27-3/h5-6,8-11H,7H2,1-4H3,(H,23,25)/t11-/m1/s1. The number of halogens is 2. The zero-order chi connectivity index (χ0) is 21.6. The van der Waals surface area contributed by atoms with Crippen LogP contribution in [0.3, 0.4) is 0 Å². The number of nitrogens with one attached hydrogen (secondary N) is 1. The van der Waals surface area contributed by atoms with Gasteiger partial charge in [0.1, 0.15) is 0 Å². The van der Waals surface area contributed by atoms with Crippen LogP contribution in [0.2, 0.25) is 10.0 Å². The van der Waals surface area contributed by atoms with Crippen LogP contribution in [0.5, 0.6) is 17.2 Å². The third kappa shape index (κ3) is 6.17. The van der Waals surface area contributed by atoms with Crippen LogP contribution in [0.25, 0.3) is 0 Å². The fourth-order valence-corrected chi connectivity index (χ4v) is 3.09. The average molecular weight is 442 g/mol. The molecule has 2 aromatic rings. The van der Waals surface area contributed by atoms with Gasteiger partial charge in [0.2, 0.25) is 5.75 Å². The van der Waals surface area contributed by atoms with Crippen LogP contribution < -0.4 is 19.5 Å². The summed E-state index contributed by atoms with van der Waals surface area (Å²) < 4.78 is 21.0. The largest absolute Gasteiger partial charge is 0.493 e. The first-order chi connectivity index (χ1) is 13.8. The number of ether oxygens (including phenoxy) is 4. The lowest BCUT2D eigenvalue weighted by atomic mass is 10.1. The summed E-state index contributed by atoms with van der Waals surface area (Å²) >= 11 is 11.8. The van der Waals surface area contributed by atoms with Gasteiger partial charge in [0.05, 0.1) is 27.8 Å². The van der Waals surface area contributed by atoms with Crippen molar-refractivity contribution in [2.45, 2.75) is 19.4 Å². The number of hydrogen-bond donors (Lipinski definition) is 1. The Morgan fingerprint density at radius 2 is 1.48 bits per heavy atom. The molecule has 1 amide bonds. The minimum Gasteiger partial charge on any atom is -0.493 e. The highest BCUT2D eigenvalue weighted by atomic mass is 35.5. The minimum atomic E-state index is -1.03. The topological polar surface area (TPSA) is 83.1 Å². The molecule has 0 aliphatic rings. The monoisotopic (exact) mass is 441 g/mol. The lowest BCUT2D eigenvalue weighted by molar-refractivity contribution is -0.152. The van der Waals surface area contributed by atoms with E-state index in [0.29, 0.717) is 38.5 Å². The molecule has 0 heterocycles. The summed E-state index contributed by atoms with van der Waals surface area (Å²) in [6, 6.07) is 7.90. The first kappa shape index (κ1) is 22.6. The number of rotatable bonds is 8. The predicted molar refractivity (Wildman–Crippen MR) is 110 cm³/mol. The van der Waals surface area contributed by atoms with E-state index in [-0.39, 0.29) is 6.42 Å². The summed E-state index contributed by atoms with van der Waals surface area (Å²) in [7, 11) is 4.45. The molecular formula is C20H21Cl2NO6. The van der Waals surface area contributed by atoms with Gasteiger partial charge < -0.3 is 24.3 Å². The number of carbonyl (C=O) groups excluding carboxylic acids is 2. The van der Waals surface area contributed by atoms with E-state index in [2.05, 4.69) is 5.32 Å². The van der Waals surface area contributed by atoms with Crippen LogP contribution in [0.4, 0.5) is 5.69 Å². The lowest BCUT2D eigenvalue weighted by Gasteiger charge is -2.16. The maximum Gasteiger partial charge on any atom is 0.311 e. The number of benzene rings is 2. The Balaban J connectivity index is 2.03. The Morgan fingerprint density at radius 1 is 0.931 bits per heavy atom. The van der Waals surface area contributed by atoms with Crippen molar-refractivity contribution >= 4 is 40.8 Å². The zero-order valence-electron chi connectivity index (χ0n) is 16.4. The van der Waals surface area contributed by atoms with Gasteiger partial charge in [-0.2, -0.15) is 0 Å². The van der Waals surface area contributed by atoms with Gasteiger partial charge in [-0.25, -0.2) is 0 Å². The van der Waals surface area contributed by atoms with Crippen molar-refractivity contribution in [2.24, 2.45) is 0 Å². The number of methoxy groups -OCH3 is 3. The molecule has 0 saturated carbocycles. The Hall–Kier alpha value is -2.64. The van der Waals surface area contributed by atoms with Crippen LogP contribution in [0.1, 0.15) is 12.5 Å². The first-order valence-corrected chi connectivity index (χ1v) is 9.28. The Labute approximate surface area is 178 Å². The molecule has 156 valence electrons. The molecule has 0 aromatic heterocycles. The molecule has 2 rings (SSSR count). The molecule has 9 heteroatoms. The fourth-order valence-electron chi connectivity index (χ4n) is 2.57. The number of anilines is 1. The van der Waals surface area contributed by atoms with Gasteiger partial charge in [0.15, 0.2) is 17.6 Å². The smallest absolute Gasteiger partial charge is 0.311 e. The Bertz CT molecular complexity index is 857. The highest BCUT2D eigenvalue weighted by Gasteiger charge is 2.20. The predicted octanol–water partition coefficient (Wildman–Crippen LogP) is 4.13. The summed E-state index contributed by atoms with van der Waals surface area (Å²) in [6.45, 7) is 1.47. The van der Waals surface area contributed by atoms with Crippen molar-refractivity contribution in [1.29, 1.82) is 0 Å². The van der Waals surface area contributed by atoms with E-state index in [1.54, 1.807) is 18.2 Å². The summed E-state index contributed by atoms with van der Waals surface area (Å²) in [5.74, 6) is 0.143. The van der Waals surface area contributed by atoms with Crippen molar-refractivity contribution in [2.75, 3.05) is 26.6 Å². The molecule has 1 atom stereocenters. The van der Waals surface area contributed by atoms with Crippen molar-refractivity contribution in [3.63, 3.8) is 0 Å². The minimum absolute atomic E-state index is 0.0860. The van der Waals surface area contributed by atoms with Crippen LogP contribution >= 0.6 is 23.2 Å². The number of amides is 1. The quantitative estimate of drug-likeness (QED) is 0.619. The second-order valence-corrected chi connectivity index (χ2v) is 6.86. The molecule has 0 spiro atoms. The number of carbonyl (C=O) groups is 2. The number of esters is 1. The third-order valence-electron chi connectivity index (χ3n) is 3.88. The molecule has 0 bridgehead atoms. The Kier molecular flexibility index (Phi) is 7.99. The van der Waals surface area contributed by atoms with Crippen LogP contribution in [-0.2, 0) is 20.7 Å². The second kappa shape index (κ2) is 10.2. The summed E-state index contributed by atoms with van der Waals surface area (Å²) in [4.78, 5) is 24.6. The van der Waals surface area contributed by atoms with Crippen LogP contribution in [0.15, 0.2) is 30.3 Å². The van der Waals surface area contributed by atoms with E-state index in [0.717, 1.165) is 0 Å². The molecule has 0 unspecified atom stereocenters. The van der Waals surface area contributed by atoms with Crippen molar-refractivity contribution in [1.82, 2.24) is 0 Å². The van der Waals surface area contributed by atoms with E-state index in [9.17, 15) is 9.59 Å². The lowest BCUT2D eigenvalue weighted by Crippen LogP contribution is -2.30.